The van der Waals surface area contributed by atoms with Crippen LogP contribution in [0.1, 0.15) is 52.9 Å². The molecule has 0 aromatic heterocycles. The van der Waals surface area contributed by atoms with Gasteiger partial charge in [-0.2, -0.15) is 0 Å². The van der Waals surface area contributed by atoms with Crippen LogP contribution >= 0.6 is 0 Å². The topological polar surface area (TPSA) is 68.3 Å². The molecule has 0 bridgehead atoms. The van der Waals surface area contributed by atoms with E-state index < -0.39 is 5.92 Å². The SMILES string of the molecule is CCOc1cc2c(cc1OCC)[C@@H]1[C@H](C(=O)N3CCOCC3)c3ccccc3C(=O)N1CC2. The van der Waals surface area contributed by atoms with Crippen molar-refractivity contribution in [2.24, 2.45) is 0 Å². The van der Waals surface area contributed by atoms with Gasteiger partial charge in [0.05, 0.1) is 38.4 Å². The number of hydrogen-bond acceptors (Lipinski definition) is 5. The lowest BCUT2D eigenvalue weighted by Crippen LogP contribution is -2.52. The van der Waals surface area contributed by atoms with Crippen LogP contribution in [0.5, 0.6) is 11.5 Å². The first-order valence-electron chi connectivity index (χ1n) is 11.8. The summed E-state index contributed by atoms with van der Waals surface area (Å²) in [6.45, 7) is 7.71. The lowest BCUT2D eigenvalue weighted by Gasteiger charge is -2.46. The highest BCUT2D eigenvalue weighted by atomic mass is 16.5. The Bertz CT molecular complexity index is 1060. The second-order valence-electron chi connectivity index (χ2n) is 8.56. The summed E-state index contributed by atoms with van der Waals surface area (Å²) in [4.78, 5) is 31.2. The predicted molar refractivity (Wildman–Crippen MR) is 123 cm³/mol. The van der Waals surface area contributed by atoms with E-state index in [1.54, 1.807) is 0 Å². The number of carbonyl (C=O) groups is 2. The van der Waals surface area contributed by atoms with E-state index in [1.807, 2.05) is 60.0 Å². The highest BCUT2D eigenvalue weighted by Gasteiger charge is 2.47. The first-order chi connectivity index (χ1) is 16.1. The fourth-order valence-corrected chi connectivity index (χ4v) is 5.32. The van der Waals surface area contributed by atoms with Crippen LogP contribution in [0.25, 0.3) is 0 Å². The molecule has 3 aliphatic rings. The molecule has 0 unspecified atom stereocenters. The Morgan fingerprint density at radius 2 is 1.70 bits per heavy atom. The third kappa shape index (κ3) is 3.74. The van der Waals surface area contributed by atoms with Gasteiger partial charge in [0.15, 0.2) is 11.5 Å². The van der Waals surface area contributed by atoms with Crippen LogP contribution in [0, 0.1) is 0 Å². The van der Waals surface area contributed by atoms with Gasteiger partial charge in [0.25, 0.3) is 5.91 Å². The number of morpholine rings is 1. The number of ether oxygens (including phenoxy) is 3. The molecular weight excluding hydrogens is 420 g/mol. The lowest BCUT2D eigenvalue weighted by molar-refractivity contribution is -0.138. The van der Waals surface area contributed by atoms with Crippen molar-refractivity contribution in [1.29, 1.82) is 0 Å². The fraction of sp³-hybridized carbons (Fsp3) is 0.462. The molecule has 0 saturated carbocycles. The van der Waals surface area contributed by atoms with Crippen LogP contribution in [0.2, 0.25) is 0 Å². The summed E-state index contributed by atoms with van der Waals surface area (Å²) in [5.74, 6) is 0.935. The number of hydrogen-bond donors (Lipinski definition) is 0. The third-order valence-electron chi connectivity index (χ3n) is 6.77. The summed E-state index contributed by atoms with van der Waals surface area (Å²) < 4.78 is 17.2. The van der Waals surface area contributed by atoms with Gasteiger partial charge >= 0.3 is 0 Å². The van der Waals surface area contributed by atoms with Gasteiger partial charge in [0.1, 0.15) is 0 Å². The molecule has 3 heterocycles. The van der Waals surface area contributed by atoms with Crippen molar-refractivity contribution >= 4 is 11.8 Å². The third-order valence-corrected chi connectivity index (χ3v) is 6.77. The summed E-state index contributed by atoms with van der Waals surface area (Å²) >= 11 is 0. The average Bonchev–Trinajstić information content (AvgIpc) is 2.85. The van der Waals surface area contributed by atoms with Gasteiger partial charge in [-0.1, -0.05) is 18.2 Å². The summed E-state index contributed by atoms with van der Waals surface area (Å²) in [6, 6.07) is 11.2. The lowest BCUT2D eigenvalue weighted by atomic mass is 9.75. The number of rotatable bonds is 5. The summed E-state index contributed by atoms with van der Waals surface area (Å²) in [7, 11) is 0. The normalized spacial score (nSPS) is 21.7. The quantitative estimate of drug-likeness (QED) is 0.700. The number of carbonyl (C=O) groups excluding carboxylic acids is 2. The molecule has 0 N–H and O–H groups in total. The molecule has 2 atom stereocenters. The number of benzene rings is 2. The van der Waals surface area contributed by atoms with Crippen molar-refractivity contribution in [3.63, 3.8) is 0 Å². The van der Waals surface area contributed by atoms with Gasteiger partial charge in [0.2, 0.25) is 5.91 Å². The molecule has 7 heteroatoms. The van der Waals surface area contributed by atoms with Crippen molar-refractivity contribution in [3.05, 3.63) is 58.7 Å². The largest absolute Gasteiger partial charge is 0.490 e. The van der Waals surface area contributed by atoms with E-state index >= 15 is 0 Å². The Balaban J connectivity index is 1.65. The van der Waals surface area contributed by atoms with E-state index in [-0.39, 0.29) is 17.9 Å². The van der Waals surface area contributed by atoms with Crippen LogP contribution < -0.4 is 9.47 Å². The standard InChI is InChI=1S/C26H30N2O5/c1-3-32-21-15-17-9-10-28-24(20(17)16-22(21)33-4-2)23(26(30)27-11-13-31-14-12-27)18-7-5-6-8-19(18)25(28)29/h5-8,15-16,23-24H,3-4,9-14H2,1-2H3/t23-,24-/m1/s1. The van der Waals surface area contributed by atoms with Crippen molar-refractivity contribution in [2.45, 2.75) is 32.2 Å². The second-order valence-corrected chi connectivity index (χ2v) is 8.56. The first-order valence-corrected chi connectivity index (χ1v) is 11.8. The van der Waals surface area contributed by atoms with Crippen LogP contribution in [0.3, 0.4) is 0 Å². The molecule has 0 spiro atoms. The minimum Gasteiger partial charge on any atom is -0.490 e. The zero-order valence-electron chi connectivity index (χ0n) is 19.2. The zero-order chi connectivity index (χ0) is 22.9. The van der Waals surface area contributed by atoms with Gasteiger partial charge in [0, 0.05) is 25.2 Å². The van der Waals surface area contributed by atoms with Gasteiger partial charge < -0.3 is 24.0 Å². The van der Waals surface area contributed by atoms with E-state index in [4.69, 9.17) is 14.2 Å². The number of fused-ring (bicyclic) bond motifs is 4. The monoisotopic (exact) mass is 450 g/mol. The molecule has 0 radical (unpaired) electrons. The molecule has 2 aromatic rings. The van der Waals surface area contributed by atoms with Crippen LogP contribution in [-0.4, -0.2) is 67.7 Å². The molecule has 5 rings (SSSR count). The van der Waals surface area contributed by atoms with Gasteiger partial charge in [-0.05, 0) is 55.2 Å². The highest BCUT2D eigenvalue weighted by Crippen LogP contribution is 2.49. The molecule has 2 amide bonds. The molecular formula is C26H30N2O5. The van der Waals surface area contributed by atoms with Crippen molar-refractivity contribution in [2.75, 3.05) is 46.1 Å². The Morgan fingerprint density at radius 1 is 1.00 bits per heavy atom. The second kappa shape index (κ2) is 9.06. The van der Waals surface area contributed by atoms with E-state index in [0.29, 0.717) is 69.5 Å². The van der Waals surface area contributed by atoms with E-state index in [0.717, 1.165) is 16.7 Å². The molecule has 174 valence electrons. The maximum Gasteiger partial charge on any atom is 0.254 e. The first kappa shape index (κ1) is 21.8. The zero-order valence-corrected chi connectivity index (χ0v) is 19.2. The van der Waals surface area contributed by atoms with Crippen molar-refractivity contribution in [3.8, 4) is 11.5 Å². The number of nitrogens with zero attached hydrogens (tertiary/aromatic N) is 2. The van der Waals surface area contributed by atoms with Gasteiger partial charge in [-0.3, -0.25) is 9.59 Å². The van der Waals surface area contributed by atoms with E-state index in [2.05, 4.69) is 0 Å². The molecule has 3 aliphatic heterocycles. The Labute approximate surface area is 194 Å². The maximum atomic E-state index is 13.9. The van der Waals surface area contributed by atoms with E-state index in [9.17, 15) is 9.59 Å². The Morgan fingerprint density at radius 3 is 2.42 bits per heavy atom. The summed E-state index contributed by atoms with van der Waals surface area (Å²) in [6.07, 6.45) is 0.713. The molecule has 7 nitrogen and oxygen atoms in total. The van der Waals surface area contributed by atoms with Crippen LogP contribution in [0.15, 0.2) is 36.4 Å². The molecule has 1 fully saturated rings. The minimum atomic E-state index is -0.469. The summed E-state index contributed by atoms with van der Waals surface area (Å²) in [5.41, 5.74) is 3.51. The van der Waals surface area contributed by atoms with Crippen molar-refractivity contribution in [1.82, 2.24) is 9.80 Å². The van der Waals surface area contributed by atoms with Gasteiger partial charge in [-0.25, -0.2) is 0 Å². The van der Waals surface area contributed by atoms with Crippen LogP contribution in [-0.2, 0) is 16.0 Å². The fourth-order valence-electron chi connectivity index (χ4n) is 5.32. The number of amides is 2. The molecule has 33 heavy (non-hydrogen) atoms. The minimum absolute atomic E-state index is 0.0147. The average molecular weight is 451 g/mol. The smallest absolute Gasteiger partial charge is 0.254 e. The van der Waals surface area contributed by atoms with Crippen molar-refractivity contribution < 1.29 is 23.8 Å². The molecule has 0 aliphatic carbocycles. The molecule has 2 aromatic carbocycles. The van der Waals surface area contributed by atoms with E-state index in [1.165, 1.54) is 0 Å². The predicted octanol–water partition coefficient (Wildman–Crippen LogP) is 3.18. The highest BCUT2D eigenvalue weighted by molar-refractivity contribution is 6.01. The maximum absolute atomic E-state index is 13.9. The summed E-state index contributed by atoms with van der Waals surface area (Å²) in [5, 5.41) is 0. The van der Waals surface area contributed by atoms with Gasteiger partial charge in [-0.15, -0.1) is 0 Å². The Kier molecular flexibility index (Phi) is 5.98. The van der Waals surface area contributed by atoms with Crippen LogP contribution in [0.4, 0.5) is 0 Å². The Hall–Kier alpha value is -3.06. The molecule has 1 saturated heterocycles.